The summed E-state index contributed by atoms with van der Waals surface area (Å²) in [7, 11) is 0. The molecule has 5 nitrogen and oxygen atoms in total. The van der Waals surface area contributed by atoms with Gasteiger partial charge in [0, 0.05) is 10.0 Å². The van der Waals surface area contributed by atoms with E-state index in [1.807, 2.05) is 25.1 Å². The minimum absolute atomic E-state index is 0.378. The highest BCUT2D eigenvalue weighted by molar-refractivity contribution is 9.10. The Morgan fingerprint density at radius 2 is 1.83 bits per heavy atom. The number of hydrazine groups is 1. The predicted octanol–water partition coefficient (Wildman–Crippen LogP) is 2.99. The molecule has 0 heterocycles. The summed E-state index contributed by atoms with van der Waals surface area (Å²) in [5, 5.41) is 0. The van der Waals surface area contributed by atoms with Gasteiger partial charge < -0.3 is 4.74 Å². The number of ether oxygens (including phenoxy) is 1. The smallest absolute Gasteiger partial charge is 0.279 e. The zero-order chi connectivity index (χ0) is 16.8. The van der Waals surface area contributed by atoms with Gasteiger partial charge in [-0.1, -0.05) is 39.7 Å². The number of nitrogens with one attached hydrogen (secondary N) is 2. The third-order valence-corrected chi connectivity index (χ3v) is 3.55. The van der Waals surface area contributed by atoms with Crippen molar-refractivity contribution in [3.8, 4) is 5.75 Å². The largest absolute Gasteiger partial charge is 0.481 e. The topological polar surface area (TPSA) is 67.4 Å². The van der Waals surface area contributed by atoms with Crippen LogP contribution in [0.2, 0.25) is 0 Å². The van der Waals surface area contributed by atoms with Crippen LogP contribution in [0.3, 0.4) is 0 Å². The molecule has 2 N–H and O–H groups in total. The van der Waals surface area contributed by atoms with Crippen LogP contribution in [-0.4, -0.2) is 17.9 Å². The molecule has 2 aromatic carbocycles. The first-order chi connectivity index (χ1) is 11.0. The van der Waals surface area contributed by atoms with E-state index in [0.717, 1.165) is 10.0 Å². The van der Waals surface area contributed by atoms with Crippen molar-refractivity contribution in [2.75, 3.05) is 0 Å². The maximum Gasteiger partial charge on any atom is 0.279 e. The standard InChI is InChI=1S/C17H17BrN2O3/c1-11-5-3-6-13(9-11)17(22)20-19-16(21)12(2)23-15-8-4-7-14(18)10-15/h3-10,12H,1-2H3,(H,19,21)(H,20,22). The highest BCUT2D eigenvalue weighted by Gasteiger charge is 2.16. The summed E-state index contributed by atoms with van der Waals surface area (Å²) in [6.45, 7) is 3.50. The first-order valence-corrected chi connectivity index (χ1v) is 7.84. The minimum Gasteiger partial charge on any atom is -0.481 e. The Hall–Kier alpha value is -2.34. The fourth-order valence-corrected chi connectivity index (χ4v) is 2.25. The van der Waals surface area contributed by atoms with Crippen LogP contribution < -0.4 is 15.6 Å². The van der Waals surface area contributed by atoms with Crippen molar-refractivity contribution in [3.05, 3.63) is 64.1 Å². The maximum absolute atomic E-state index is 12.0. The molecule has 0 aliphatic heterocycles. The molecule has 0 aromatic heterocycles. The molecular formula is C17H17BrN2O3. The van der Waals surface area contributed by atoms with E-state index in [1.165, 1.54) is 0 Å². The van der Waals surface area contributed by atoms with Crippen LogP contribution in [0.15, 0.2) is 53.0 Å². The highest BCUT2D eigenvalue weighted by atomic mass is 79.9. The van der Waals surface area contributed by atoms with Crippen LogP contribution in [0.1, 0.15) is 22.8 Å². The Bertz CT molecular complexity index is 718. The molecule has 2 rings (SSSR count). The third-order valence-electron chi connectivity index (χ3n) is 3.06. The molecule has 0 aliphatic carbocycles. The van der Waals surface area contributed by atoms with Gasteiger partial charge in [0.1, 0.15) is 5.75 Å². The Balaban J connectivity index is 1.87. The third kappa shape index (κ3) is 5.10. The molecule has 0 spiro atoms. The molecule has 0 fully saturated rings. The Morgan fingerprint density at radius 1 is 1.09 bits per heavy atom. The maximum atomic E-state index is 12.0. The lowest BCUT2D eigenvalue weighted by Crippen LogP contribution is -2.47. The van der Waals surface area contributed by atoms with Crippen LogP contribution in [0.5, 0.6) is 5.75 Å². The summed E-state index contributed by atoms with van der Waals surface area (Å²) in [5.74, 6) is -0.255. The Morgan fingerprint density at radius 3 is 2.52 bits per heavy atom. The van der Waals surface area contributed by atoms with E-state index in [4.69, 9.17) is 4.74 Å². The van der Waals surface area contributed by atoms with Crippen LogP contribution in [0.4, 0.5) is 0 Å². The molecule has 0 saturated heterocycles. The van der Waals surface area contributed by atoms with E-state index in [-0.39, 0.29) is 5.91 Å². The monoisotopic (exact) mass is 376 g/mol. The van der Waals surface area contributed by atoms with Gasteiger partial charge in [-0.3, -0.25) is 20.4 Å². The summed E-state index contributed by atoms with van der Waals surface area (Å²) >= 11 is 3.33. The van der Waals surface area contributed by atoms with Gasteiger partial charge in [-0.25, -0.2) is 0 Å². The van der Waals surface area contributed by atoms with Crippen LogP contribution in [0.25, 0.3) is 0 Å². The molecule has 0 aliphatic rings. The van der Waals surface area contributed by atoms with E-state index in [2.05, 4.69) is 26.8 Å². The van der Waals surface area contributed by atoms with Gasteiger partial charge in [0.2, 0.25) is 0 Å². The summed E-state index contributed by atoms with van der Waals surface area (Å²) < 4.78 is 6.38. The fourth-order valence-electron chi connectivity index (χ4n) is 1.88. The molecule has 2 aromatic rings. The predicted molar refractivity (Wildman–Crippen MR) is 91.0 cm³/mol. The molecular weight excluding hydrogens is 360 g/mol. The molecule has 2 amide bonds. The zero-order valence-corrected chi connectivity index (χ0v) is 14.4. The lowest BCUT2D eigenvalue weighted by atomic mass is 10.1. The summed E-state index contributed by atoms with van der Waals surface area (Å²) in [6, 6.07) is 14.3. The number of amides is 2. The number of aryl methyl sites for hydroxylation is 1. The van der Waals surface area contributed by atoms with E-state index >= 15 is 0 Å². The zero-order valence-electron chi connectivity index (χ0n) is 12.8. The van der Waals surface area contributed by atoms with Crippen LogP contribution in [-0.2, 0) is 4.79 Å². The first kappa shape index (κ1) is 17.0. The SMILES string of the molecule is Cc1cccc(C(=O)NNC(=O)C(C)Oc2cccc(Br)c2)c1. The van der Waals surface area contributed by atoms with Crippen LogP contribution >= 0.6 is 15.9 Å². The molecule has 120 valence electrons. The van der Waals surface area contributed by atoms with Crippen molar-refractivity contribution < 1.29 is 14.3 Å². The van der Waals surface area contributed by atoms with Gasteiger partial charge in [-0.2, -0.15) is 0 Å². The average molecular weight is 377 g/mol. The van der Waals surface area contributed by atoms with Crippen molar-refractivity contribution in [2.45, 2.75) is 20.0 Å². The summed E-state index contributed by atoms with van der Waals surface area (Å²) in [6.07, 6.45) is -0.748. The van der Waals surface area contributed by atoms with Gasteiger partial charge in [-0.05, 0) is 44.2 Å². The van der Waals surface area contributed by atoms with Gasteiger partial charge in [0.15, 0.2) is 6.10 Å². The van der Waals surface area contributed by atoms with Gasteiger partial charge in [-0.15, -0.1) is 0 Å². The molecule has 1 unspecified atom stereocenters. The Kier molecular flexibility index (Phi) is 5.76. The number of hydrogen-bond acceptors (Lipinski definition) is 3. The Labute approximate surface area is 143 Å². The molecule has 0 radical (unpaired) electrons. The molecule has 1 atom stereocenters. The second-order valence-electron chi connectivity index (χ2n) is 5.03. The van der Waals surface area contributed by atoms with E-state index in [0.29, 0.717) is 11.3 Å². The quantitative estimate of drug-likeness (QED) is 0.806. The van der Waals surface area contributed by atoms with Crippen molar-refractivity contribution in [2.24, 2.45) is 0 Å². The number of carbonyl (C=O) groups excluding carboxylic acids is 2. The summed E-state index contributed by atoms with van der Waals surface area (Å²) in [5.41, 5.74) is 6.18. The number of benzene rings is 2. The van der Waals surface area contributed by atoms with Gasteiger partial charge >= 0.3 is 0 Å². The minimum atomic E-state index is -0.748. The number of carbonyl (C=O) groups is 2. The van der Waals surface area contributed by atoms with Crippen LogP contribution in [0, 0.1) is 6.92 Å². The van der Waals surface area contributed by atoms with Gasteiger partial charge in [0.25, 0.3) is 11.8 Å². The van der Waals surface area contributed by atoms with Crippen molar-refractivity contribution in [3.63, 3.8) is 0 Å². The normalized spacial score (nSPS) is 11.4. The lowest BCUT2D eigenvalue weighted by molar-refractivity contribution is -0.128. The number of hydrogen-bond donors (Lipinski definition) is 2. The van der Waals surface area contributed by atoms with E-state index in [9.17, 15) is 9.59 Å². The average Bonchev–Trinajstić information content (AvgIpc) is 2.52. The van der Waals surface area contributed by atoms with Crippen molar-refractivity contribution >= 4 is 27.7 Å². The number of rotatable bonds is 4. The molecule has 6 heteroatoms. The summed E-state index contributed by atoms with van der Waals surface area (Å²) in [4.78, 5) is 23.9. The second-order valence-corrected chi connectivity index (χ2v) is 5.95. The highest BCUT2D eigenvalue weighted by Crippen LogP contribution is 2.18. The molecule has 0 bridgehead atoms. The molecule has 23 heavy (non-hydrogen) atoms. The van der Waals surface area contributed by atoms with E-state index in [1.54, 1.807) is 37.3 Å². The van der Waals surface area contributed by atoms with Crippen molar-refractivity contribution in [1.82, 2.24) is 10.9 Å². The lowest BCUT2D eigenvalue weighted by Gasteiger charge is -2.15. The van der Waals surface area contributed by atoms with Gasteiger partial charge in [0.05, 0.1) is 0 Å². The first-order valence-electron chi connectivity index (χ1n) is 7.05. The fraction of sp³-hybridized carbons (Fsp3) is 0.176. The second kappa shape index (κ2) is 7.78. The van der Waals surface area contributed by atoms with Crippen molar-refractivity contribution in [1.29, 1.82) is 0 Å². The van der Waals surface area contributed by atoms with E-state index < -0.39 is 12.0 Å². The molecule has 0 saturated carbocycles. The number of halogens is 1.